The van der Waals surface area contributed by atoms with Gasteiger partial charge in [-0.3, -0.25) is 10.1 Å². The zero-order valence-corrected chi connectivity index (χ0v) is 12.0. The third-order valence-corrected chi connectivity index (χ3v) is 3.84. The average Bonchev–Trinajstić information content (AvgIpc) is 2.53. The molecule has 0 spiro atoms. The van der Waals surface area contributed by atoms with Crippen molar-refractivity contribution in [2.75, 3.05) is 7.11 Å². The van der Waals surface area contributed by atoms with Crippen LogP contribution in [0.4, 0.5) is 10.1 Å². The molecule has 0 heterocycles. The summed E-state index contributed by atoms with van der Waals surface area (Å²) in [6.45, 7) is 0. The van der Waals surface area contributed by atoms with Crippen LogP contribution in [0.25, 0.3) is 11.6 Å². The first-order valence-corrected chi connectivity index (χ1v) is 6.90. The molecule has 0 aromatic heterocycles. The lowest BCUT2D eigenvalue weighted by molar-refractivity contribution is -0.385. The molecule has 0 fully saturated rings. The fraction of sp³-hybridized carbons (Fsp3) is 0.176. The second-order valence-electron chi connectivity index (χ2n) is 5.15. The van der Waals surface area contributed by atoms with Gasteiger partial charge in [0.05, 0.1) is 17.6 Å². The summed E-state index contributed by atoms with van der Waals surface area (Å²) in [7, 11) is 1.61. The Hall–Kier alpha value is -2.69. The van der Waals surface area contributed by atoms with E-state index in [2.05, 4.69) is 0 Å². The quantitative estimate of drug-likeness (QED) is 0.629. The van der Waals surface area contributed by atoms with Crippen molar-refractivity contribution in [3.8, 4) is 5.75 Å². The number of rotatable bonds is 3. The van der Waals surface area contributed by atoms with Crippen molar-refractivity contribution >= 4 is 17.3 Å². The summed E-state index contributed by atoms with van der Waals surface area (Å²) in [4.78, 5) is 10.7. The predicted octanol–water partition coefficient (Wildman–Crippen LogP) is 4.23. The third-order valence-electron chi connectivity index (χ3n) is 3.84. The van der Waals surface area contributed by atoms with Gasteiger partial charge in [0.1, 0.15) is 11.6 Å². The number of allylic oxidation sites excluding steroid dienone is 1. The summed E-state index contributed by atoms with van der Waals surface area (Å²) in [6.07, 6.45) is 3.26. The SMILES string of the molecule is COc1ccc2c(c1)CCC(c1cc(F)ccc1[N+](=O)[O-])=C2. The number of hydrogen-bond acceptors (Lipinski definition) is 3. The van der Waals surface area contributed by atoms with Crippen LogP contribution in [-0.2, 0) is 6.42 Å². The van der Waals surface area contributed by atoms with Crippen molar-refractivity contribution in [2.24, 2.45) is 0 Å². The van der Waals surface area contributed by atoms with Gasteiger partial charge in [0, 0.05) is 6.07 Å². The number of halogens is 1. The molecule has 0 aliphatic heterocycles. The Bertz CT molecular complexity index is 783. The Balaban J connectivity index is 2.08. The van der Waals surface area contributed by atoms with Gasteiger partial charge in [-0.15, -0.1) is 0 Å². The molecule has 5 heteroatoms. The highest BCUT2D eigenvalue weighted by Gasteiger charge is 2.21. The molecule has 3 rings (SSSR count). The summed E-state index contributed by atoms with van der Waals surface area (Å²) in [5.41, 5.74) is 3.18. The van der Waals surface area contributed by atoms with Crippen molar-refractivity contribution in [1.82, 2.24) is 0 Å². The molecule has 1 aliphatic rings. The first-order chi connectivity index (χ1) is 10.6. The van der Waals surface area contributed by atoms with E-state index in [4.69, 9.17) is 4.74 Å². The summed E-state index contributed by atoms with van der Waals surface area (Å²) in [5.74, 6) is 0.314. The maximum absolute atomic E-state index is 13.5. The van der Waals surface area contributed by atoms with Crippen molar-refractivity contribution in [1.29, 1.82) is 0 Å². The van der Waals surface area contributed by atoms with Crippen LogP contribution in [0.5, 0.6) is 5.75 Å². The smallest absolute Gasteiger partial charge is 0.277 e. The highest BCUT2D eigenvalue weighted by Crippen LogP contribution is 2.36. The van der Waals surface area contributed by atoms with E-state index < -0.39 is 10.7 Å². The van der Waals surface area contributed by atoms with E-state index >= 15 is 0 Å². The van der Waals surface area contributed by atoms with Gasteiger partial charge in [-0.25, -0.2) is 4.39 Å². The largest absolute Gasteiger partial charge is 0.497 e. The van der Waals surface area contributed by atoms with E-state index in [1.54, 1.807) is 7.11 Å². The van der Waals surface area contributed by atoms with Gasteiger partial charge in [0.2, 0.25) is 0 Å². The molecule has 1 aliphatic carbocycles. The van der Waals surface area contributed by atoms with Gasteiger partial charge in [0.25, 0.3) is 5.69 Å². The number of ether oxygens (including phenoxy) is 1. The van der Waals surface area contributed by atoms with Gasteiger partial charge < -0.3 is 4.74 Å². The fourth-order valence-electron chi connectivity index (χ4n) is 2.73. The second kappa shape index (κ2) is 5.60. The molecule has 0 saturated heterocycles. The van der Waals surface area contributed by atoms with E-state index in [9.17, 15) is 14.5 Å². The topological polar surface area (TPSA) is 52.4 Å². The zero-order chi connectivity index (χ0) is 15.7. The monoisotopic (exact) mass is 299 g/mol. The van der Waals surface area contributed by atoms with E-state index in [0.717, 1.165) is 34.9 Å². The Morgan fingerprint density at radius 1 is 1.18 bits per heavy atom. The maximum Gasteiger partial charge on any atom is 0.277 e. The van der Waals surface area contributed by atoms with Crippen LogP contribution in [0.1, 0.15) is 23.1 Å². The molecule has 4 nitrogen and oxygen atoms in total. The number of nitro groups is 1. The van der Waals surface area contributed by atoms with Crippen LogP contribution in [0.3, 0.4) is 0 Å². The molecular weight excluding hydrogens is 285 g/mol. The molecule has 112 valence electrons. The van der Waals surface area contributed by atoms with Crippen LogP contribution in [0.15, 0.2) is 36.4 Å². The zero-order valence-electron chi connectivity index (χ0n) is 12.0. The fourth-order valence-corrected chi connectivity index (χ4v) is 2.73. The van der Waals surface area contributed by atoms with Crippen LogP contribution in [0.2, 0.25) is 0 Å². The minimum Gasteiger partial charge on any atom is -0.497 e. The highest BCUT2D eigenvalue weighted by molar-refractivity contribution is 5.87. The van der Waals surface area contributed by atoms with E-state index in [1.807, 2.05) is 24.3 Å². The van der Waals surface area contributed by atoms with Crippen LogP contribution < -0.4 is 4.74 Å². The van der Waals surface area contributed by atoms with Gasteiger partial charge in [-0.05, 0) is 53.8 Å². The summed E-state index contributed by atoms with van der Waals surface area (Å²) < 4.78 is 18.7. The molecular formula is C17H14FNO3. The standard InChI is InChI=1S/C17H14FNO3/c1-22-15-6-4-11-8-13(3-2-12(11)9-15)16-10-14(18)5-7-17(16)19(20)21/h4-10H,2-3H2,1H3. The van der Waals surface area contributed by atoms with Crippen LogP contribution in [0, 0.1) is 15.9 Å². The number of aryl methyl sites for hydroxylation is 1. The van der Waals surface area contributed by atoms with Gasteiger partial charge >= 0.3 is 0 Å². The maximum atomic E-state index is 13.5. The Labute approximate surface area is 127 Å². The molecule has 0 saturated carbocycles. The normalized spacial score (nSPS) is 13.3. The highest BCUT2D eigenvalue weighted by atomic mass is 19.1. The number of nitrogens with zero attached hydrogens (tertiary/aromatic N) is 1. The molecule has 0 N–H and O–H groups in total. The minimum atomic E-state index is -0.473. The Morgan fingerprint density at radius 3 is 2.73 bits per heavy atom. The van der Waals surface area contributed by atoms with Gasteiger partial charge in [0.15, 0.2) is 0 Å². The van der Waals surface area contributed by atoms with Crippen molar-refractivity contribution in [3.63, 3.8) is 0 Å². The number of nitro benzene ring substituents is 1. The predicted molar refractivity (Wildman–Crippen MR) is 82.2 cm³/mol. The first kappa shape index (κ1) is 14.3. The van der Waals surface area contributed by atoms with E-state index in [1.165, 1.54) is 12.1 Å². The lowest BCUT2D eigenvalue weighted by Crippen LogP contribution is -2.02. The number of hydrogen-bond donors (Lipinski definition) is 0. The number of methoxy groups -OCH3 is 1. The third kappa shape index (κ3) is 2.57. The number of fused-ring (bicyclic) bond motifs is 1. The molecule has 0 atom stereocenters. The van der Waals surface area contributed by atoms with Crippen molar-refractivity contribution < 1.29 is 14.1 Å². The summed E-state index contributed by atoms with van der Waals surface area (Å²) in [6, 6.07) is 9.29. The molecule has 2 aromatic rings. The van der Waals surface area contributed by atoms with E-state index in [-0.39, 0.29) is 5.69 Å². The molecule has 0 bridgehead atoms. The van der Waals surface area contributed by atoms with Gasteiger partial charge in [-0.2, -0.15) is 0 Å². The first-order valence-electron chi connectivity index (χ1n) is 6.90. The molecule has 0 amide bonds. The molecule has 0 unspecified atom stereocenters. The Kier molecular flexibility index (Phi) is 3.63. The lowest BCUT2D eigenvalue weighted by atomic mass is 9.88. The number of benzene rings is 2. The van der Waals surface area contributed by atoms with Gasteiger partial charge in [-0.1, -0.05) is 12.1 Å². The molecule has 22 heavy (non-hydrogen) atoms. The van der Waals surface area contributed by atoms with Crippen LogP contribution in [-0.4, -0.2) is 12.0 Å². The second-order valence-corrected chi connectivity index (χ2v) is 5.15. The summed E-state index contributed by atoms with van der Waals surface area (Å²) >= 11 is 0. The van der Waals surface area contributed by atoms with E-state index in [0.29, 0.717) is 12.0 Å². The van der Waals surface area contributed by atoms with Crippen molar-refractivity contribution in [3.05, 3.63) is 69.0 Å². The molecule has 2 aromatic carbocycles. The Morgan fingerprint density at radius 2 is 2.00 bits per heavy atom. The van der Waals surface area contributed by atoms with Crippen molar-refractivity contribution in [2.45, 2.75) is 12.8 Å². The lowest BCUT2D eigenvalue weighted by Gasteiger charge is -2.17. The van der Waals surface area contributed by atoms with Crippen LogP contribution >= 0.6 is 0 Å². The molecule has 0 radical (unpaired) electrons. The minimum absolute atomic E-state index is 0.0652. The average molecular weight is 299 g/mol. The summed E-state index contributed by atoms with van der Waals surface area (Å²) in [5, 5.41) is 11.1.